The zero-order chi connectivity index (χ0) is 54.0. The third-order valence-electron chi connectivity index (χ3n) is 11.3. The van der Waals surface area contributed by atoms with E-state index in [1.54, 1.807) is 27.7 Å². The first-order valence-corrected chi connectivity index (χ1v) is 25.4. The van der Waals surface area contributed by atoms with Gasteiger partial charge in [0.05, 0.1) is 12.7 Å². The second-order valence-electron chi connectivity index (χ2n) is 17.7. The molecule has 74 heavy (non-hydrogen) atoms. The molecule has 0 saturated carbocycles. The first-order valence-electron chi connectivity index (χ1n) is 22.9. The lowest BCUT2D eigenvalue weighted by Gasteiger charge is -2.28. The standard InChI is InChI=1S/C42H56N18O12S2/c1-17(2)27-41(69)71-9-21(53-25(61)7-59-16-50-33-30(59)32(44)46-13-47-33)37(65)51-19(5)35(63)55-23-11-73-74-12-24(39(67)57-27)56-36(64)20(6)52-38(66)22(10-72-42(70)28(18(3)4)58-40(23)68)54-26(62)8-60-15-49-29-31(43)45-14-48-34(29)60/h13-24,27-28H,7-12H2,1-6H3,(H,51,65)(H,52,66)(H,53,61)(H,54,62)(H,55,63)(H,56,64)(H,57,67)(H,58,68)(H2,43,45,48)(H2,44,46,47)/t19-,20-,21+,22+,23-,24-,27-,28-/m0/s1. The maximum atomic E-state index is 14.1. The average molecular weight is 1070 g/mol. The number of imidazole rings is 2. The van der Waals surface area contributed by atoms with Crippen molar-refractivity contribution in [1.82, 2.24) is 81.6 Å². The zero-order valence-electron chi connectivity index (χ0n) is 40.8. The fraction of sp³-hybridized carbons (Fsp3) is 0.524. The van der Waals surface area contributed by atoms with E-state index >= 15 is 0 Å². The van der Waals surface area contributed by atoms with Gasteiger partial charge in [0.1, 0.15) is 98.3 Å². The maximum absolute atomic E-state index is 14.1. The van der Waals surface area contributed by atoms with E-state index in [0.29, 0.717) is 0 Å². The van der Waals surface area contributed by atoms with E-state index in [2.05, 4.69) is 72.4 Å². The van der Waals surface area contributed by atoms with Crippen molar-refractivity contribution in [3.63, 3.8) is 0 Å². The molecule has 398 valence electrons. The topological polar surface area (TPSA) is 425 Å². The number of nitrogens with zero attached hydrogens (tertiary/aromatic N) is 8. The van der Waals surface area contributed by atoms with Crippen LogP contribution in [0.5, 0.6) is 0 Å². The lowest BCUT2D eigenvalue weighted by atomic mass is 10.0. The Kier molecular flexibility index (Phi) is 18.5. The molecule has 2 aliphatic rings. The van der Waals surface area contributed by atoms with Gasteiger partial charge in [0.15, 0.2) is 22.9 Å². The predicted molar refractivity (Wildman–Crippen MR) is 263 cm³/mol. The highest BCUT2D eigenvalue weighted by Crippen LogP contribution is 2.24. The van der Waals surface area contributed by atoms with Crippen molar-refractivity contribution < 1.29 is 57.4 Å². The summed E-state index contributed by atoms with van der Waals surface area (Å²) in [6, 6.07) is -11.8. The zero-order valence-corrected chi connectivity index (χ0v) is 42.4. The summed E-state index contributed by atoms with van der Waals surface area (Å²) in [5.74, 6) is -10.9. The van der Waals surface area contributed by atoms with E-state index < -0.39 is 146 Å². The third kappa shape index (κ3) is 14.0. The van der Waals surface area contributed by atoms with Crippen molar-refractivity contribution in [2.75, 3.05) is 36.2 Å². The van der Waals surface area contributed by atoms with E-state index in [0.717, 1.165) is 21.6 Å². The van der Waals surface area contributed by atoms with Crippen molar-refractivity contribution >= 4 is 115 Å². The van der Waals surface area contributed by atoms with Crippen LogP contribution in [0.15, 0.2) is 25.3 Å². The molecule has 0 aromatic carbocycles. The number of amides is 8. The lowest BCUT2D eigenvalue weighted by molar-refractivity contribution is -0.152. The summed E-state index contributed by atoms with van der Waals surface area (Å²) < 4.78 is 13.7. The molecule has 6 heterocycles. The number of nitrogens with two attached hydrogens (primary N) is 2. The molecule has 2 saturated heterocycles. The molecule has 4 aromatic rings. The van der Waals surface area contributed by atoms with Crippen molar-refractivity contribution in [3.05, 3.63) is 25.3 Å². The Balaban J connectivity index is 1.29. The summed E-state index contributed by atoms with van der Waals surface area (Å²) >= 11 is 0. The number of anilines is 2. The summed E-state index contributed by atoms with van der Waals surface area (Å²) in [5, 5.41) is 20.2. The number of aromatic nitrogens is 8. The number of carbonyl (C=O) groups excluding carboxylic acids is 10. The van der Waals surface area contributed by atoms with Gasteiger partial charge < -0.3 is 72.6 Å². The number of cyclic esters (lactones) is 2. The summed E-state index contributed by atoms with van der Waals surface area (Å²) in [6.45, 7) is 6.39. The van der Waals surface area contributed by atoms with Gasteiger partial charge in [0.25, 0.3) is 0 Å². The van der Waals surface area contributed by atoms with Gasteiger partial charge in [-0.2, -0.15) is 0 Å². The molecule has 2 fully saturated rings. The molecular weight excluding hydrogens is 1010 g/mol. The minimum Gasteiger partial charge on any atom is -0.461 e. The normalized spacial score (nSPS) is 24.6. The fourth-order valence-electron chi connectivity index (χ4n) is 7.19. The Morgan fingerprint density at radius 1 is 0.608 bits per heavy atom. The smallest absolute Gasteiger partial charge is 0.328 e. The third-order valence-corrected chi connectivity index (χ3v) is 13.8. The van der Waals surface area contributed by atoms with E-state index in [9.17, 15) is 47.9 Å². The second kappa shape index (κ2) is 24.7. The molecule has 0 spiro atoms. The number of ether oxygens (including phenoxy) is 2. The number of rotatable bonds is 8. The maximum Gasteiger partial charge on any atom is 0.328 e. The second-order valence-corrected chi connectivity index (χ2v) is 20.3. The van der Waals surface area contributed by atoms with Gasteiger partial charge in [-0.25, -0.2) is 39.5 Å². The van der Waals surface area contributed by atoms with Crippen LogP contribution in [-0.4, -0.2) is 171 Å². The van der Waals surface area contributed by atoms with E-state index in [4.69, 9.17) is 20.9 Å². The van der Waals surface area contributed by atoms with Gasteiger partial charge in [-0.3, -0.25) is 38.4 Å². The van der Waals surface area contributed by atoms with Crippen molar-refractivity contribution in [3.8, 4) is 0 Å². The van der Waals surface area contributed by atoms with E-state index in [1.165, 1.54) is 48.3 Å². The van der Waals surface area contributed by atoms with Crippen LogP contribution in [-0.2, 0) is 70.5 Å². The fourth-order valence-corrected chi connectivity index (χ4v) is 9.52. The van der Waals surface area contributed by atoms with Gasteiger partial charge >= 0.3 is 11.9 Å². The Morgan fingerprint density at radius 3 is 1.57 bits per heavy atom. The molecular formula is C42H56N18O12S2. The highest BCUT2D eigenvalue weighted by molar-refractivity contribution is 8.76. The molecule has 8 atom stereocenters. The van der Waals surface area contributed by atoms with E-state index in [-0.39, 0.29) is 45.5 Å². The first-order chi connectivity index (χ1) is 35.1. The van der Waals surface area contributed by atoms with Crippen LogP contribution < -0.4 is 54.0 Å². The summed E-state index contributed by atoms with van der Waals surface area (Å²) in [4.78, 5) is 162. The summed E-state index contributed by atoms with van der Waals surface area (Å²) in [6.07, 6.45) is 4.91. The molecule has 0 aliphatic carbocycles. The van der Waals surface area contributed by atoms with Crippen molar-refractivity contribution in [1.29, 1.82) is 0 Å². The Morgan fingerprint density at radius 2 is 1.07 bits per heavy atom. The van der Waals surface area contributed by atoms with Gasteiger partial charge in [0, 0.05) is 11.5 Å². The Bertz CT molecular complexity index is 2810. The minimum absolute atomic E-state index is 0.0162. The molecule has 0 unspecified atom stereocenters. The summed E-state index contributed by atoms with van der Waals surface area (Å²) in [7, 11) is 1.98. The molecule has 12 N–H and O–H groups in total. The van der Waals surface area contributed by atoms with Crippen LogP contribution >= 0.6 is 21.6 Å². The first kappa shape index (κ1) is 55.4. The van der Waals surface area contributed by atoms with Gasteiger partial charge in [-0.1, -0.05) is 49.3 Å². The predicted octanol–water partition coefficient (Wildman–Crippen LogP) is -4.44. The van der Waals surface area contributed by atoms with Crippen molar-refractivity contribution in [2.45, 2.75) is 103 Å². The van der Waals surface area contributed by atoms with E-state index in [1.807, 2.05) is 0 Å². The van der Waals surface area contributed by atoms with Crippen LogP contribution in [0.4, 0.5) is 11.6 Å². The molecule has 2 bridgehead atoms. The molecule has 30 nitrogen and oxygen atoms in total. The van der Waals surface area contributed by atoms with Crippen molar-refractivity contribution in [2.24, 2.45) is 11.8 Å². The average Bonchev–Trinajstić information content (AvgIpc) is 3.96. The monoisotopic (exact) mass is 1070 g/mol. The number of carbonyl (C=O) groups is 10. The van der Waals surface area contributed by atoms with Gasteiger partial charge in [0.2, 0.25) is 47.3 Å². The van der Waals surface area contributed by atoms with Crippen LogP contribution in [0.2, 0.25) is 0 Å². The largest absolute Gasteiger partial charge is 0.461 e. The molecule has 4 aromatic heterocycles. The molecule has 32 heteroatoms. The number of hydrogen-bond acceptors (Lipinski definition) is 22. The van der Waals surface area contributed by atoms with Crippen LogP contribution in [0, 0.1) is 11.8 Å². The quantitative estimate of drug-likeness (QED) is 0.0588. The molecule has 2 aliphatic heterocycles. The number of fused-ring (bicyclic) bond motifs is 7. The van der Waals surface area contributed by atoms with Crippen LogP contribution in [0.25, 0.3) is 22.3 Å². The molecule has 0 radical (unpaired) electrons. The Hall–Kier alpha value is -7.90. The molecule has 8 amide bonds. The SMILES string of the molecule is CC(C)[C@@H]1NC(=O)[C@@H]2CSSC[C@H](NC(=O)[C@H](C)NC(=O)[C@H](NC(=O)Cn3cnc4ncnc(N)c43)COC1=O)C(=O)N[C@@H](C(C)C)C(=O)OC[C@@H](NC(=O)Cn1cnc3c(N)ncnc31)C(=O)N[C@@H](C)C(=O)N2. The van der Waals surface area contributed by atoms with Gasteiger partial charge in [-0.15, -0.1) is 0 Å². The van der Waals surface area contributed by atoms with Crippen LogP contribution in [0.3, 0.4) is 0 Å². The number of nitrogens with one attached hydrogen (secondary N) is 8. The summed E-state index contributed by atoms with van der Waals surface area (Å²) in [5.41, 5.74) is 12.7. The number of nitrogen functional groups attached to an aromatic ring is 2. The molecule has 6 rings (SSSR count). The highest BCUT2D eigenvalue weighted by atomic mass is 33.1. The highest BCUT2D eigenvalue weighted by Gasteiger charge is 2.37. The number of hydrogen-bond donors (Lipinski definition) is 10. The lowest BCUT2D eigenvalue weighted by Crippen LogP contribution is -2.60. The Labute approximate surface area is 428 Å². The van der Waals surface area contributed by atoms with Gasteiger partial charge in [-0.05, 0) is 25.7 Å². The van der Waals surface area contributed by atoms with Crippen LogP contribution in [0.1, 0.15) is 41.5 Å². The number of esters is 2. The minimum atomic E-state index is -1.65.